The Morgan fingerprint density at radius 3 is 2.81 bits per heavy atom. The molecule has 1 aromatic heterocycles. The average Bonchev–Trinajstić information content (AvgIpc) is 2.29. The van der Waals surface area contributed by atoms with Crippen molar-refractivity contribution in [3.05, 3.63) is 28.5 Å². The van der Waals surface area contributed by atoms with Gasteiger partial charge in [0.25, 0.3) is 0 Å². The van der Waals surface area contributed by atoms with Gasteiger partial charge in [-0.15, -0.1) is 0 Å². The Morgan fingerprint density at radius 2 is 2.25 bits per heavy atom. The molecule has 0 aromatic carbocycles. The SMILES string of the molecule is CCC(C)SCC(N)Cc1ccc(Br)cn1. The highest BCUT2D eigenvalue weighted by Gasteiger charge is 2.07. The van der Waals surface area contributed by atoms with Gasteiger partial charge in [-0.2, -0.15) is 11.8 Å². The number of halogens is 1. The summed E-state index contributed by atoms with van der Waals surface area (Å²) >= 11 is 5.32. The van der Waals surface area contributed by atoms with Gasteiger partial charge in [0.05, 0.1) is 0 Å². The van der Waals surface area contributed by atoms with E-state index in [4.69, 9.17) is 5.73 Å². The first-order valence-electron chi connectivity index (χ1n) is 5.59. The lowest BCUT2D eigenvalue weighted by Gasteiger charge is -2.13. The van der Waals surface area contributed by atoms with Crippen LogP contribution in [-0.4, -0.2) is 22.0 Å². The Labute approximate surface area is 111 Å². The van der Waals surface area contributed by atoms with Crippen molar-refractivity contribution in [3.63, 3.8) is 0 Å². The van der Waals surface area contributed by atoms with Gasteiger partial charge in [-0.05, 0) is 34.5 Å². The monoisotopic (exact) mass is 302 g/mol. The van der Waals surface area contributed by atoms with Gasteiger partial charge in [0.2, 0.25) is 0 Å². The van der Waals surface area contributed by atoms with E-state index < -0.39 is 0 Å². The van der Waals surface area contributed by atoms with Crippen LogP contribution in [0.4, 0.5) is 0 Å². The number of aromatic nitrogens is 1. The minimum absolute atomic E-state index is 0.202. The maximum absolute atomic E-state index is 6.07. The third kappa shape index (κ3) is 5.32. The van der Waals surface area contributed by atoms with Gasteiger partial charge in [-0.3, -0.25) is 4.98 Å². The van der Waals surface area contributed by atoms with E-state index in [1.807, 2.05) is 30.1 Å². The van der Waals surface area contributed by atoms with E-state index in [-0.39, 0.29) is 6.04 Å². The Hall–Kier alpha value is -0.0600. The first kappa shape index (κ1) is 14.0. The molecule has 0 bridgehead atoms. The molecule has 0 amide bonds. The standard InChI is InChI=1S/C12H19BrN2S/c1-3-9(2)16-8-11(14)6-12-5-4-10(13)7-15-12/h4-5,7,9,11H,3,6,8,14H2,1-2H3. The van der Waals surface area contributed by atoms with Crippen LogP contribution in [0.15, 0.2) is 22.8 Å². The van der Waals surface area contributed by atoms with Crippen molar-refractivity contribution < 1.29 is 0 Å². The van der Waals surface area contributed by atoms with Crippen molar-refractivity contribution in [2.24, 2.45) is 5.73 Å². The molecule has 0 spiro atoms. The van der Waals surface area contributed by atoms with Gasteiger partial charge in [-0.25, -0.2) is 0 Å². The summed E-state index contributed by atoms with van der Waals surface area (Å²) in [5.74, 6) is 1.01. The van der Waals surface area contributed by atoms with Gasteiger partial charge in [0.15, 0.2) is 0 Å². The maximum atomic E-state index is 6.07. The highest BCUT2D eigenvalue weighted by Crippen LogP contribution is 2.15. The summed E-state index contributed by atoms with van der Waals surface area (Å²) in [7, 11) is 0. The van der Waals surface area contributed by atoms with Gasteiger partial charge >= 0.3 is 0 Å². The molecule has 2 unspecified atom stereocenters. The van der Waals surface area contributed by atoms with Crippen molar-refractivity contribution >= 4 is 27.7 Å². The highest BCUT2D eigenvalue weighted by atomic mass is 79.9. The van der Waals surface area contributed by atoms with Crippen molar-refractivity contribution in [2.75, 3.05) is 5.75 Å². The third-order valence-electron chi connectivity index (χ3n) is 2.43. The molecular weight excluding hydrogens is 284 g/mol. The molecule has 1 heterocycles. The fourth-order valence-electron chi connectivity index (χ4n) is 1.26. The summed E-state index contributed by atoms with van der Waals surface area (Å²) in [5, 5.41) is 0.698. The van der Waals surface area contributed by atoms with Crippen LogP contribution in [0, 0.1) is 0 Å². The van der Waals surface area contributed by atoms with E-state index >= 15 is 0 Å². The summed E-state index contributed by atoms with van der Waals surface area (Å²) in [6.45, 7) is 4.45. The van der Waals surface area contributed by atoms with Crippen LogP contribution in [0.1, 0.15) is 26.0 Å². The number of hydrogen-bond acceptors (Lipinski definition) is 3. The minimum atomic E-state index is 0.202. The van der Waals surface area contributed by atoms with Crippen LogP contribution in [0.3, 0.4) is 0 Å². The van der Waals surface area contributed by atoms with Crippen LogP contribution < -0.4 is 5.73 Å². The highest BCUT2D eigenvalue weighted by molar-refractivity contribution is 9.10. The second kappa shape index (κ2) is 7.30. The first-order chi connectivity index (χ1) is 7.61. The van der Waals surface area contributed by atoms with E-state index in [2.05, 4.69) is 34.8 Å². The summed E-state index contributed by atoms with van der Waals surface area (Å²) in [6, 6.07) is 4.24. The molecule has 1 rings (SSSR count). The molecule has 2 nitrogen and oxygen atoms in total. The molecule has 4 heteroatoms. The summed E-state index contributed by atoms with van der Waals surface area (Å²) in [5.41, 5.74) is 7.14. The van der Waals surface area contributed by atoms with Crippen molar-refractivity contribution in [1.82, 2.24) is 4.98 Å². The van der Waals surface area contributed by atoms with Gasteiger partial charge in [0.1, 0.15) is 0 Å². The summed E-state index contributed by atoms with van der Waals surface area (Å²) in [4.78, 5) is 4.33. The van der Waals surface area contributed by atoms with Gasteiger partial charge in [-0.1, -0.05) is 13.8 Å². The smallest absolute Gasteiger partial charge is 0.0420 e. The number of nitrogens with two attached hydrogens (primary N) is 1. The molecule has 90 valence electrons. The van der Waals surface area contributed by atoms with Gasteiger partial charge in [0, 0.05) is 39.8 Å². The zero-order chi connectivity index (χ0) is 12.0. The van der Waals surface area contributed by atoms with Gasteiger partial charge < -0.3 is 5.73 Å². The van der Waals surface area contributed by atoms with E-state index in [9.17, 15) is 0 Å². The Morgan fingerprint density at radius 1 is 1.50 bits per heavy atom. The minimum Gasteiger partial charge on any atom is -0.327 e. The lowest BCUT2D eigenvalue weighted by Crippen LogP contribution is -2.26. The van der Waals surface area contributed by atoms with Crippen molar-refractivity contribution in [2.45, 2.75) is 38.0 Å². The fourth-order valence-corrected chi connectivity index (χ4v) is 2.42. The van der Waals surface area contributed by atoms with E-state index in [0.29, 0.717) is 5.25 Å². The van der Waals surface area contributed by atoms with E-state index in [1.165, 1.54) is 6.42 Å². The number of nitrogens with zero attached hydrogens (tertiary/aromatic N) is 1. The van der Waals surface area contributed by atoms with E-state index in [0.717, 1.165) is 22.3 Å². The number of rotatable bonds is 6. The molecule has 2 atom stereocenters. The van der Waals surface area contributed by atoms with Crippen LogP contribution >= 0.6 is 27.7 Å². The lowest BCUT2D eigenvalue weighted by molar-refractivity contribution is 0.728. The fraction of sp³-hybridized carbons (Fsp3) is 0.583. The molecule has 0 saturated carbocycles. The Bertz CT molecular complexity index is 302. The third-order valence-corrected chi connectivity index (χ3v) is 4.42. The Kier molecular flexibility index (Phi) is 6.39. The molecule has 1 aromatic rings. The quantitative estimate of drug-likeness (QED) is 0.877. The Balaban J connectivity index is 2.33. The maximum Gasteiger partial charge on any atom is 0.0420 e. The zero-order valence-electron chi connectivity index (χ0n) is 9.82. The molecular formula is C12H19BrN2S. The summed E-state index contributed by atoms with van der Waals surface area (Å²) < 4.78 is 1.01. The first-order valence-corrected chi connectivity index (χ1v) is 7.43. The molecule has 0 radical (unpaired) electrons. The topological polar surface area (TPSA) is 38.9 Å². The molecule has 16 heavy (non-hydrogen) atoms. The second-order valence-electron chi connectivity index (χ2n) is 3.98. The van der Waals surface area contributed by atoms with Crippen LogP contribution in [0.2, 0.25) is 0 Å². The number of thioether (sulfide) groups is 1. The zero-order valence-corrected chi connectivity index (χ0v) is 12.2. The number of pyridine rings is 1. The normalized spacial score (nSPS) is 14.8. The summed E-state index contributed by atoms with van der Waals surface area (Å²) in [6.07, 6.45) is 3.88. The molecule has 0 saturated heterocycles. The van der Waals surface area contributed by atoms with E-state index in [1.54, 1.807) is 0 Å². The molecule has 0 aliphatic heterocycles. The molecule has 0 aliphatic rings. The molecule has 0 aliphatic carbocycles. The number of hydrogen-bond donors (Lipinski definition) is 1. The average molecular weight is 303 g/mol. The molecule has 2 N–H and O–H groups in total. The van der Waals surface area contributed by atoms with Crippen LogP contribution in [0.5, 0.6) is 0 Å². The predicted molar refractivity (Wildman–Crippen MR) is 75.8 cm³/mol. The van der Waals surface area contributed by atoms with Crippen molar-refractivity contribution in [3.8, 4) is 0 Å². The predicted octanol–water partition coefficient (Wildman–Crippen LogP) is 3.25. The largest absolute Gasteiger partial charge is 0.327 e. The van der Waals surface area contributed by atoms with Crippen LogP contribution in [-0.2, 0) is 6.42 Å². The van der Waals surface area contributed by atoms with Crippen LogP contribution in [0.25, 0.3) is 0 Å². The second-order valence-corrected chi connectivity index (χ2v) is 6.37. The molecule has 0 fully saturated rings. The lowest BCUT2D eigenvalue weighted by atomic mass is 10.2. The van der Waals surface area contributed by atoms with Crippen molar-refractivity contribution in [1.29, 1.82) is 0 Å².